The van der Waals surface area contributed by atoms with Gasteiger partial charge in [0.2, 0.25) is 0 Å². The Bertz CT molecular complexity index is 343. The molecule has 1 aromatic heterocycles. The van der Waals surface area contributed by atoms with Crippen LogP contribution in [0.1, 0.15) is 24.5 Å². The fourth-order valence-electron chi connectivity index (χ4n) is 1.84. The minimum absolute atomic E-state index is 0.169. The van der Waals surface area contributed by atoms with Gasteiger partial charge in [-0.1, -0.05) is 6.92 Å². The molecule has 1 aliphatic heterocycles. The predicted molar refractivity (Wildman–Crippen MR) is 68.4 cm³/mol. The first-order chi connectivity index (χ1) is 8.28. The molecule has 0 aromatic carbocycles. The number of aryl methyl sites for hydroxylation is 1. The molecule has 0 spiro atoms. The fraction of sp³-hybridized carbons (Fsp3) is 0.750. The number of aromatic nitrogens is 1. The summed E-state index contributed by atoms with van der Waals surface area (Å²) in [6, 6.07) is 0. The van der Waals surface area contributed by atoms with Crippen LogP contribution in [0.5, 0.6) is 0 Å². The lowest BCUT2D eigenvalue weighted by Gasteiger charge is -2.28. The molecule has 1 saturated heterocycles. The molecule has 0 aliphatic carbocycles. The number of rotatable bonds is 5. The van der Waals surface area contributed by atoms with Crippen LogP contribution in [-0.4, -0.2) is 36.9 Å². The monoisotopic (exact) mass is 256 g/mol. The highest BCUT2D eigenvalue weighted by molar-refractivity contribution is 7.09. The Hall–Kier alpha value is -0.490. The largest absolute Gasteiger partial charge is 0.372 e. The van der Waals surface area contributed by atoms with E-state index in [1.807, 2.05) is 0 Å². The molecule has 0 saturated carbocycles. The van der Waals surface area contributed by atoms with Crippen molar-refractivity contribution in [3.63, 3.8) is 0 Å². The van der Waals surface area contributed by atoms with E-state index < -0.39 is 0 Å². The van der Waals surface area contributed by atoms with E-state index >= 15 is 0 Å². The van der Waals surface area contributed by atoms with Crippen molar-refractivity contribution in [3.8, 4) is 0 Å². The summed E-state index contributed by atoms with van der Waals surface area (Å²) in [5.74, 6) is 0. The summed E-state index contributed by atoms with van der Waals surface area (Å²) >= 11 is 1.70. The topological polar surface area (TPSA) is 43.4 Å². The Morgan fingerprint density at radius 3 is 3.18 bits per heavy atom. The molecule has 2 atom stereocenters. The lowest BCUT2D eigenvalue weighted by atomic mass is 10.2. The molecule has 0 bridgehead atoms. The van der Waals surface area contributed by atoms with E-state index in [-0.39, 0.29) is 12.2 Å². The van der Waals surface area contributed by atoms with Crippen LogP contribution in [-0.2, 0) is 22.5 Å². The van der Waals surface area contributed by atoms with E-state index in [4.69, 9.17) is 9.47 Å². The summed E-state index contributed by atoms with van der Waals surface area (Å²) in [7, 11) is 0. The molecule has 0 radical (unpaired) electrons. The van der Waals surface area contributed by atoms with E-state index in [0.717, 1.165) is 25.2 Å². The molecule has 2 rings (SSSR count). The van der Waals surface area contributed by atoms with Crippen molar-refractivity contribution in [2.45, 2.75) is 39.1 Å². The van der Waals surface area contributed by atoms with E-state index in [1.165, 1.54) is 5.01 Å². The molecule has 1 fully saturated rings. The van der Waals surface area contributed by atoms with Gasteiger partial charge in [-0.15, -0.1) is 11.3 Å². The van der Waals surface area contributed by atoms with Gasteiger partial charge in [-0.2, -0.15) is 0 Å². The molecule has 4 nitrogen and oxygen atoms in total. The summed E-state index contributed by atoms with van der Waals surface area (Å²) < 4.78 is 11.4. The van der Waals surface area contributed by atoms with Crippen LogP contribution in [0.2, 0.25) is 0 Å². The molecule has 1 aliphatic rings. The van der Waals surface area contributed by atoms with Crippen molar-refractivity contribution < 1.29 is 9.47 Å². The smallest absolute Gasteiger partial charge is 0.0936 e. The highest BCUT2D eigenvalue weighted by Gasteiger charge is 2.18. The van der Waals surface area contributed by atoms with Gasteiger partial charge >= 0.3 is 0 Å². The Balaban J connectivity index is 1.68. The van der Waals surface area contributed by atoms with Crippen molar-refractivity contribution in [3.05, 3.63) is 16.1 Å². The van der Waals surface area contributed by atoms with Gasteiger partial charge in [-0.3, -0.25) is 0 Å². The van der Waals surface area contributed by atoms with Crippen LogP contribution < -0.4 is 5.32 Å². The summed E-state index contributed by atoms with van der Waals surface area (Å²) in [6.45, 7) is 7.23. The first-order valence-corrected chi connectivity index (χ1v) is 7.03. The first-order valence-electron chi connectivity index (χ1n) is 6.15. The zero-order valence-electron chi connectivity index (χ0n) is 10.4. The summed E-state index contributed by atoms with van der Waals surface area (Å²) in [6.07, 6.45) is 1.45. The number of thiazole rings is 1. The third kappa shape index (κ3) is 4.03. The minimum atomic E-state index is 0.169. The van der Waals surface area contributed by atoms with E-state index in [9.17, 15) is 0 Å². The van der Waals surface area contributed by atoms with Gasteiger partial charge in [0.05, 0.1) is 36.1 Å². The normalized spacial score (nSPS) is 25.1. The summed E-state index contributed by atoms with van der Waals surface area (Å²) in [5, 5.41) is 6.57. The summed E-state index contributed by atoms with van der Waals surface area (Å²) in [5.41, 5.74) is 1.03. The number of morpholine rings is 1. The Kier molecular flexibility index (Phi) is 4.91. The minimum Gasteiger partial charge on any atom is -0.372 e. The number of hydrogen-bond acceptors (Lipinski definition) is 5. The van der Waals surface area contributed by atoms with Crippen LogP contribution in [0.15, 0.2) is 5.38 Å². The van der Waals surface area contributed by atoms with Crippen LogP contribution in [0, 0.1) is 0 Å². The molecule has 0 amide bonds. The molecule has 17 heavy (non-hydrogen) atoms. The van der Waals surface area contributed by atoms with Crippen LogP contribution in [0.4, 0.5) is 0 Å². The second kappa shape index (κ2) is 6.44. The molecular weight excluding hydrogens is 236 g/mol. The third-order valence-corrected chi connectivity index (χ3v) is 3.73. The maximum absolute atomic E-state index is 5.75. The van der Waals surface area contributed by atoms with Crippen LogP contribution in [0.25, 0.3) is 0 Å². The van der Waals surface area contributed by atoms with E-state index in [1.54, 1.807) is 11.3 Å². The van der Waals surface area contributed by atoms with Gasteiger partial charge in [0.1, 0.15) is 0 Å². The third-order valence-electron chi connectivity index (χ3n) is 2.68. The molecule has 2 heterocycles. The summed E-state index contributed by atoms with van der Waals surface area (Å²) in [4.78, 5) is 4.46. The number of ether oxygens (including phenoxy) is 2. The second-order valence-corrected chi connectivity index (χ2v) is 5.27. The quantitative estimate of drug-likeness (QED) is 0.869. The van der Waals surface area contributed by atoms with Crippen molar-refractivity contribution in [2.75, 3.05) is 19.7 Å². The van der Waals surface area contributed by atoms with Crippen molar-refractivity contribution >= 4 is 11.3 Å². The molecule has 1 aromatic rings. The maximum Gasteiger partial charge on any atom is 0.0936 e. The number of hydrogen-bond donors (Lipinski definition) is 1. The average molecular weight is 256 g/mol. The van der Waals surface area contributed by atoms with Crippen molar-refractivity contribution in [2.24, 2.45) is 0 Å². The average Bonchev–Trinajstić information content (AvgIpc) is 2.77. The van der Waals surface area contributed by atoms with E-state index in [2.05, 4.69) is 29.5 Å². The van der Waals surface area contributed by atoms with Crippen molar-refractivity contribution in [1.29, 1.82) is 0 Å². The standard InChI is InChI=1S/C12H20N2O2S/c1-3-12-14-10(8-17-12)6-15-7-11-5-13-4-9(2)16-11/h8-9,11,13H,3-7H2,1-2H3. The Labute approximate surface area is 106 Å². The van der Waals surface area contributed by atoms with E-state index in [0.29, 0.717) is 13.2 Å². The molecule has 96 valence electrons. The lowest BCUT2D eigenvalue weighted by molar-refractivity contribution is -0.0719. The number of nitrogens with zero attached hydrogens (tertiary/aromatic N) is 1. The van der Waals surface area contributed by atoms with Gasteiger partial charge < -0.3 is 14.8 Å². The SMILES string of the molecule is CCc1nc(COCC2CNCC(C)O2)cs1. The molecule has 1 N–H and O–H groups in total. The highest BCUT2D eigenvalue weighted by atomic mass is 32.1. The highest BCUT2D eigenvalue weighted by Crippen LogP contribution is 2.11. The van der Waals surface area contributed by atoms with Gasteiger partial charge in [-0.25, -0.2) is 4.98 Å². The first kappa shape index (κ1) is 13.0. The van der Waals surface area contributed by atoms with Crippen LogP contribution in [0.3, 0.4) is 0 Å². The Morgan fingerprint density at radius 1 is 1.59 bits per heavy atom. The van der Waals surface area contributed by atoms with Crippen LogP contribution >= 0.6 is 11.3 Å². The van der Waals surface area contributed by atoms with Gasteiger partial charge in [0, 0.05) is 18.5 Å². The predicted octanol–water partition coefficient (Wildman–Crippen LogP) is 1.60. The zero-order valence-corrected chi connectivity index (χ0v) is 11.3. The van der Waals surface area contributed by atoms with Gasteiger partial charge in [-0.05, 0) is 13.3 Å². The molecule has 2 unspecified atom stereocenters. The number of nitrogens with one attached hydrogen (secondary N) is 1. The van der Waals surface area contributed by atoms with Crippen molar-refractivity contribution in [1.82, 2.24) is 10.3 Å². The molecular formula is C12H20N2O2S. The fourth-order valence-corrected chi connectivity index (χ4v) is 2.57. The lowest BCUT2D eigenvalue weighted by Crippen LogP contribution is -2.45. The maximum atomic E-state index is 5.75. The molecule has 5 heteroatoms. The van der Waals surface area contributed by atoms with Gasteiger partial charge in [0.15, 0.2) is 0 Å². The zero-order chi connectivity index (χ0) is 12.1. The Morgan fingerprint density at radius 2 is 2.47 bits per heavy atom. The van der Waals surface area contributed by atoms with Gasteiger partial charge in [0.25, 0.3) is 0 Å². The second-order valence-electron chi connectivity index (χ2n) is 4.33.